The molecule has 0 bridgehead atoms. The summed E-state index contributed by atoms with van der Waals surface area (Å²) >= 11 is 6.12. The van der Waals surface area contributed by atoms with Crippen LogP contribution in [0.1, 0.15) is 75.2 Å². The summed E-state index contributed by atoms with van der Waals surface area (Å²) < 4.78 is 10.9. The van der Waals surface area contributed by atoms with E-state index in [1.807, 2.05) is 62.4 Å². The summed E-state index contributed by atoms with van der Waals surface area (Å²) in [5, 5.41) is -0.659. The van der Waals surface area contributed by atoms with Gasteiger partial charge in [-0.05, 0) is 78.3 Å². The minimum atomic E-state index is -0.659. The number of ether oxygens (including phenoxy) is 2. The molecule has 0 unspecified atom stereocenters. The molecule has 3 aromatic carbocycles. The van der Waals surface area contributed by atoms with Crippen LogP contribution in [0.2, 0.25) is 0 Å². The van der Waals surface area contributed by atoms with E-state index >= 15 is 0 Å². The fourth-order valence-electron chi connectivity index (χ4n) is 4.03. The van der Waals surface area contributed by atoms with Gasteiger partial charge in [0.1, 0.15) is 16.9 Å². The van der Waals surface area contributed by atoms with Crippen LogP contribution in [-0.4, -0.2) is 17.3 Å². The summed E-state index contributed by atoms with van der Waals surface area (Å²) in [5.74, 6) is 0.443. The molecule has 0 N–H and O–H groups in total. The van der Waals surface area contributed by atoms with Crippen molar-refractivity contribution in [1.29, 1.82) is 0 Å². The molecule has 5 heteroatoms. The number of halogens is 1. The highest BCUT2D eigenvalue weighted by atomic mass is 35.5. The van der Waals surface area contributed by atoms with E-state index < -0.39 is 11.3 Å². The third kappa shape index (κ3) is 9.36. The monoisotopic (exact) mass is 520 g/mol. The van der Waals surface area contributed by atoms with Gasteiger partial charge in [0, 0.05) is 0 Å². The van der Waals surface area contributed by atoms with E-state index in [0.717, 1.165) is 17.5 Å². The van der Waals surface area contributed by atoms with Crippen molar-refractivity contribution in [3.05, 3.63) is 83.9 Å². The van der Waals surface area contributed by atoms with Crippen LogP contribution in [0.15, 0.2) is 72.8 Å². The molecule has 0 amide bonds. The maximum atomic E-state index is 12.6. The summed E-state index contributed by atoms with van der Waals surface area (Å²) in [5.41, 5.74) is 3.69. The Morgan fingerprint density at radius 1 is 0.730 bits per heavy atom. The van der Waals surface area contributed by atoms with Crippen LogP contribution >= 0.6 is 11.6 Å². The number of rotatable bonds is 13. The highest BCUT2D eigenvalue weighted by Crippen LogP contribution is 2.26. The summed E-state index contributed by atoms with van der Waals surface area (Å²) in [7, 11) is 0. The van der Waals surface area contributed by atoms with E-state index in [9.17, 15) is 9.59 Å². The maximum absolute atomic E-state index is 12.6. The highest BCUT2D eigenvalue weighted by molar-refractivity contribution is 6.30. The first-order valence-electron chi connectivity index (χ1n) is 13.2. The Morgan fingerprint density at radius 3 is 1.81 bits per heavy atom. The van der Waals surface area contributed by atoms with Crippen LogP contribution in [0.25, 0.3) is 11.1 Å². The van der Waals surface area contributed by atoms with E-state index in [4.69, 9.17) is 21.1 Å². The average Bonchev–Trinajstić information content (AvgIpc) is 2.89. The van der Waals surface area contributed by atoms with Gasteiger partial charge in [0.25, 0.3) is 0 Å². The van der Waals surface area contributed by atoms with Gasteiger partial charge in [-0.25, -0.2) is 4.79 Å². The Kier molecular flexibility index (Phi) is 11.2. The van der Waals surface area contributed by atoms with Crippen LogP contribution < -0.4 is 9.47 Å². The molecule has 1 atom stereocenters. The van der Waals surface area contributed by atoms with E-state index in [1.54, 1.807) is 24.3 Å². The number of carbonyl (C=O) groups excluding carboxylic acids is 2. The number of alkyl halides is 1. The van der Waals surface area contributed by atoms with Crippen molar-refractivity contribution in [3.63, 3.8) is 0 Å². The molecular formula is C32H37ClO4. The van der Waals surface area contributed by atoms with Crippen molar-refractivity contribution in [2.75, 3.05) is 0 Å². The first kappa shape index (κ1) is 28.5. The molecule has 0 saturated carbocycles. The number of hydrogen-bond acceptors (Lipinski definition) is 4. The molecule has 4 nitrogen and oxygen atoms in total. The van der Waals surface area contributed by atoms with E-state index in [1.165, 1.54) is 37.7 Å². The van der Waals surface area contributed by atoms with Gasteiger partial charge in [0.2, 0.25) is 0 Å². The Labute approximate surface area is 226 Å². The standard InChI is InChI=1S/C32H37ClO4/c1-4-5-6-7-8-9-24-10-12-27(13-11-24)31(34)36-28-18-14-25(15-19-28)26-16-20-29(21-17-26)37-32(35)30(33)22-23(2)3/h10-21,23,30H,4-9,22H2,1-3H3/t30-/m0/s1. The van der Waals surface area contributed by atoms with Crippen molar-refractivity contribution >= 4 is 23.5 Å². The molecule has 0 aliphatic carbocycles. The molecule has 3 aromatic rings. The Bertz CT molecular complexity index is 1120. The summed E-state index contributed by atoms with van der Waals surface area (Å²) in [4.78, 5) is 24.7. The molecule has 0 heterocycles. The topological polar surface area (TPSA) is 52.6 Å². The summed E-state index contributed by atoms with van der Waals surface area (Å²) in [6.45, 7) is 6.24. The van der Waals surface area contributed by atoms with Gasteiger partial charge >= 0.3 is 11.9 Å². The minimum absolute atomic E-state index is 0.315. The number of esters is 2. The molecule has 3 rings (SSSR count). The zero-order valence-electron chi connectivity index (χ0n) is 22.0. The van der Waals surface area contributed by atoms with Gasteiger partial charge in [-0.1, -0.05) is 82.9 Å². The third-order valence-corrected chi connectivity index (χ3v) is 6.52. The van der Waals surface area contributed by atoms with Gasteiger partial charge < -0.3 is 9.47 Å². The first-order valence-corrected chi connectivity index (χ1v) is 13.7. The second kappa shape index (κ2) is 14.6. The lowest BCUT2D eigenvalue weighted by Gasteiger charge is -2.12. The summed E-state index contributed by atoms with van der Waals surface area (Å²) in [6, 6.07) is 22.3. The maximum Gasteiger partial charge on any atom is 0.343 e. The zero-order valence-corrected chi connectivity index (χ0v) is 22.8. The van der Waals surface area contributed by atoms with Crippen molar-refractivity contribution in [1.82, 2.24) is 0 Å². The number of benzene rings is 3. The molecule has 0 spiro atoms. The predicted molar refractivity (Wildman–Crippen MR) is 150 cm³/mol. The van der Waals surface area contributed by atoms with Crippen molar-refractivity contribution in [2.45, 2.75) is 71.1 Å². The van der Waals surface area contributed by atoms with Gasteiger partial charge in [0.15, 0.2) is 0 Å². The lowest BCUT2D eigenvalue weighted by molar-refractivity contribution is -0.134. The molecular weight excluding hydrogens is 484 g/mol. The number of aryl methyl sites for hydroxylation is 1. The van der Waals surface area contributed by atoms with Gasteiger partial charge in [-0.2, -0.15) is 0 Å². The summed E-state index contributed by atoms with van der Waals surface area (Å²) in [6.07, 6.45) is 7.86. The van der Waals surface area contributed by atoms with E-state index in [-0.39, 0.29) is 5.97 Å². The molecule has 0 fully saturated rings. The number of hydrogen-bond donors (Lipinski definition) is 0. The van der Waals surface area contributed by atoms with Gasteiger partial charge in [-0.3, -0.25) is 4.79 Å². The zero-order chi connectivity index (χ0) is 26.6. The molecule has 37 heavy (non-hydrogen) atoms. The lowest BCUT2D eigenvalue weighted by Crippen LogP contribution is -2.22. The third-order valence-electron chi connectivity index (χ3n) is 6.16. The first-order chi connectivity index (χ1) is 17.9. The second-order valence-electron chi connectivity index (χ2n) is 9.82. The largest absolute Gasteiger partial charge is 0.425 e. The highest BCUT2D eigenvalue weighted by Gasteiger charge is 2.19. The molecule has 0 aromatic heterocycles. The van der Waals surface area contributed by atoms with Crippen molar-refractivity contribution in [3.8, 4) is 22.6 Å². The fourth-order valence-corrected chi connectivity index (χ4v) is 4.43. The minimum Gasteiger partial charge on any atom is -0.425 e. The van der Waals surface area contributed by atoms with Gasteiger partial charge in [0.05, 0.1) is 5.56 Å². The molecule has 0 radical (unpaired) electrons. The predicted octanol–water partition coefficient (Wildman–Crippen LogP) is 8.64. The normalized spacial score (nSPS) is 11.8. The van der Waals surface area contributed by atoms with Crippen LogP contribution in [-0.2, 0) is 11.2 Å². The fraction of sp³-hybridized carbons (Fsp3) is 0.375. The van der Waals surface area contributed by atoms with Crippen LogP contribution in [0, 0.1) is 5.92 Å². The smallest absolute Gasteiger partial charge is 0.343 e. The van der Waals surface area contributed by atoms with E-state index in [0.29, 0.717) is 29.4 Å². The van der Waals surface area contributed by atoms with Crippen molar-refractivity contribution < 1.29 is 19.1 Å². The quantitative estimate of drug-likeness (QED) is 0.0978. The molecule has 0 saturated heterocycles. The molecule has 0 aliphatic rings. The van der Waals surface area contributed by atoms with Crippen LogP contribution in [0.3, 0.4) is 0 Å². The van der Waals surface area contributed by atoms with Crippen molar-refractivity contribution in [2.24, 2.45) is 5.92 Å². The Morgan fingerprint density at radius 2 is 1.27 bits per heavy atom. The number of unbranched alkanes of at least 4 members (excludes halogenated alkanes) is 4. The van der Waals surface area contributed by atoms with Crippen LogP contribution in [0.4, 0.5) is 0 Å². The Balaban J connectivity index is 1.51. The van der Waals surface area contributed by atoms with Crippen LogP contribution in [0.5, 0.6) is 11.5 Å². The molecule has 196 valence electrons. The van der Waals surface area contributed by atoms with E-state index in [2.05, 4.69) is 6.92 Å². The second-order valence-corrected chi connectivity index (χ2v) is 10.3. The Hall–Kier alpha value is -3.11. The number of carbonyl (C=O) groups is 2. The average molecular weight is 521 g/mol. The molecule has 0 aliphatic heterocycles. The lowest BCUT2D eigenvalue weighted by atomic mass is 10.0. The SMILES string of the molecule is CCCCCCCc1ccc(C(=O)Oc2ccc(-c3ccc(OC(=O)[C@@H](Cl)CC(C)C)cc3)cc2)cc1. The van der Waals surface area contributed by atoms with Gasteiger partial charge in [-0.15, -0.1) is 11.6 Å².